The van der Waals surface area contributed by atoms with Crippen LogP contribution in [0.5, 0.6) is 0 Å². The van der Waals surface area contributed by atoms with Gasteiger partial charge in [-0.15, -0.1) is 0 Å². The Morgan fingerprint density at radius 2 is 1.82 bits per heavy atom. The highest BCUT2D eigenvalue weighted by molar-refractivity contribution is 5.92. The second-order valence-electron chi connectivity index (χ2n) is 5.78. The predicted octanol–water partition coefficient (Wildman–Crippen LogP) is 2.90. The third kappa shape index (κ3) is 5.11. The van der Waals surface area contributed by atoms with Gasteiger partial charge in [-0.25, -0.2) is 0 Å². The number of ether oxygens (including phenoxy) is 1. The van der Waals surface area contributed by atoms with E-state index < -0.39 is 5.97 Å². The van der Waals surface area contributed by atoms with E-state index in [9.17, 15) is 9.59 Å². The van der Waals surface area contributed by atoms with Crippen molar-refractivity contribution in [1.82, 2.24) is 4.90 Å². The van der Waals surface area contributed by atoms with E-state index in [4.69, 9.17) is 4.74 Å². The summed E-state index contributed by atoms with van der Waals surface area (Å²) >= 11 is 0. The summed E-state index contributed by atoms with van der Waals surface area (Å²) < 4.78 is 4.87. The molecule has 4 nitrogen and oxygen atoms in total. The summed E-state index contributed by atoms with van der Waals surface area (Å²) in [6.45, 7) is 5.19. The first-order valence-corrected chi connectivity index (χ1v) is 7.71. The van der Waals surface area contributed by atoms with Crippen LogP contribution in [-0.4, -0.2) is 36.3 Å². The fourth-order valence-corrected chi connectivity index (χ4v) is 2.90. The van der Waals surface area contributed by atoms with Gasteiger partial charge in [0.25, 0.3) is 0 Å². The van der Waals surface area contributed by atoms with Crippen LogP contribution in [0, 0.1) is 0 Å². The second-order valence-corrected chi connectivity index (χ2v) is 5.78. The van der Waals surface area contributed by atoms with Crippen LogP contribution in [0.25, 0.3) is 0 Å². The Labute approximate surface area is 131 Å². The second kappa shape index (κ2) is 7.90. The molecule has 22 heavy (non-hydrogen) atoms. The third-order valence-electron chi connectivity index (χ3n) is 3.91. The maximum absolute atomic E-state index is 11.9. The molecule has 0 atom stereocenters. The maximum atomic E-state index is 11.9. The summed E-state index contributed by atoms with van der Waals surface area (Å²) in [5.41, 5.74) is 1.39. The molecule has 0 aliphatic carbocycles. The zero-order valence-electron chi connectivity index (χ0n) is 13.2. The van der Waals surface area contributed by atoms with Crippen LogP contribution in [0.2, 0.25) is 0 Å². The zero-order chi connectivity index (χ0) is 15.9. The molecule has 1 aliphatic rings. The van der Waals surface area contributed by atoms with E-state index >= 15 is 0 Å². The van der Waals surface area contributed by atoms with Crippen LogP contribution in [0.3, 0.4) is 0 Å². The summed E-state index contributed by atoms with van der Waals surface area (Å²) in [6.07, 6.45) is 3.55. The molecule has 4 heteroatoms. The summed E-state index contributed by atoms with van der Waals surface area (Å²) in [5.74, 6) is 0.532. The number of piperidine rings is 1. The molecule has 1 fully saturated rings. The molecule has 0 amide bonds. The molecule has 1 aromatic carbocycles. The number of likely N-dealkylation sites (tertiary alicyclic amines) is 1. The fraction of sp³-hybridized carbons (Fsp3) is 0.444. The van der Waals surface area contributed by atoms with Crippen LogP contribution < -0.4 is 0 Å². The quantitative estimate of drug-likeness (QED) is 0.476. The number of ketones is 1. The number of carbonyl (C=O) groups is 2. The van der Waals surface area contributed by atoms with Crippen molar-refractivity contribution in [2.75, 3.05) is 19.6 Å². The van der Waals surface area contributed by atoms with Crippen molar-refractivity contribution in [3.05, 3.63) is 47.7 Å². The molecule has 2 rings (SSSR count). The lowest BCUT2D eigenvalue weighted by Crippen LogP contribution is -2.36. The minimum absolute atomic E-state index is 0.0167. The number of rotatable bonds is 5. The topological polar surface area (TPSA) is 46.6 Å². The van der Waals surface area contributed by atoms with Gasteiger partial charge in [0.1, 0.15) is 5.76 Å². The number of esters is 1. The molecule has 0 radical (unpaired) electrons. The normalized spacial score (nSPS) is 17.3. The van der Waals surface area contributed by atoms with Crippen LogP contribution >= 0.6 is 0 Å². The molecule has 1 saturated heterocycles. The smallest absolute Gasteiger partial charge is 0.307 e. The molecule has 0 spiro atoms. The number of benzene rings is 1. The van der Waals surface area contributed by atoms with Gasteiger partial charge in [0.15, 0.2) is 5.78 Å². The van der Waals surface area contributed by atoms with Crippen molar-refractivity contribution in [2.45, 2.75) is 32.6 Å². The maximum Gasteiger partial charge on any atom is 0.307 e. The molecule has 1 heterocycles. The largest absolute Gasteiger partial charge is 0.431 e. The highest BCUT2D eigenvalue weighted by Gasteiger charge is 2.21. The molecule has 118 valence electrons. The van der Waals surface area contributed by atoms with Crippen molar-refractivity contribution >= 4 is 11.8 Å². The number of hydrogen-bond acceptors (Lipinski definition) is 4. The lowest BCUT2D eigenvalue weighted by atomic mass is 9.89. The van der Waals surface area contributed by atoms with Gasteiger partial charge in [0.05, 0.1) is 6.54 Å². The Morgan fingerprint density at radius 1 is 1.18 bits per heavy atom. The molecular weight excluding hydrogens is 278 g/mol. The molecule has 1 aliphatic heterocycles. The van der Waals surface area contributed by atoms with E-state index in [-0.39, 0.29) is 5.78 Å². The van der Waals surface area contributed by atoms with Gasteiger partial charge in [0.2, 0.25) is 0 Å². The first-order valence-electron chi connectivity index (χ1n) is 7.71. The van der Waals surface area contributed by atoms with Crippen LogP contribution in [-0.2, 0) is 14.3 Å². The predicted molar refractivity (Wildman–Crippen MR) is 85.4 cm³/mol. The van der Waals surface area contributed by atoms with Gasteiger partial charge in [-0.3, -0.25) is 14.5 Å². The Hall–Kier alpha value is -1.94. The van der Waals surface area contributed by atoms with E-state index in [1.165, 1.54) is 18.6 Å². The molecule has 0 unspecified atom stereocenters. The van der Waals surface area contributed by atoms with E-state index in [0.717, 1.165) is 25.9 Å². The highest BCUT2D eigenvalue weighted by Crippen LogP contribution is 2.27. The lowest BCUT2D eigenvalue weighted by molar-refractivity contribution is -0.136. The van der Waals surface area contributed by atoms with E-state index in [2.05, 4.69) is 29.2 Å². The minimum Gasteiger partial charge on any atom is -0.431 e. The molecule has 1 aromatic rings. The Kier molecular flexibility index (Phi) is 5.90. The number of allylic oxidation sites excluding steroid dienone is 1. The van der Waals surface area contributed by atoms with E-state index in [1.54, 1.807) is 6.92 Å². The SMILES string of the molecule is CC(=O)OC(C)=CC(=O)CN1CCC(c2ccccc2)CC1. The Bertz CT molecular complexity index is 543. The monoisotopic (exact) mass is 301 g/mol. The molecule has 0 N–H and O–H groups in total. The Morgan fingerprint density at radius 3 is 2.41 bits per heavy atom. The fourth-order valence-electron chi connectivity index (χ4n) is 2.90. The average molecular weight is 301 g/mol. The summed E-state index contributed by atoms with van der Waals surface area (Å²) in [6, 6.07) is 10.5. The van der Waals surface area contributed by atoms with Gasteiger partial charge in [-0.05, 0) is 44.3 Å². The van der Waals surface area contributed by atoms with Crippen molar-refractivity contribution in [2.24, 2.45) is 0 Å². The Balaban J connectivity index is 1.80. The average Bonchev–Trinajstić information content (AvgIpc) is 2.47. The van der Waals surface area contributed by atoms with Crippen LogP contribution in [0.4, 0.5) is 0 Å². The summed E-state index contributed by atoms with van der Waals surface area (Å²) in [5, 5.41) is 0. The van der Waals surface area contributed by atoms with Crippen LogP contribution in [0.15, 0.2) is 42.2 Å². The van der Waals surface area contributed by atoms with Crippen molar-refractivity contribution < 1.29 is 14.3 Å². The molecule has 0 saturated carbocycles. The molecule has 0 bridgehead atoms. The first-order chi connectivity index (χ1) is 10.5. The zero-order valence-corrected chi connectivity index (χ0v) is 13.2. The lowest BCUT2D eigenvalue weighted by Gasteiger charge is -2.31. The van der Waals surface area contributed by atoms with E-state index in [0.29, 0.717) is 18.2 Å². The minimum atomic E-state index is -0.398. The van der Waals surface area contributed by atoms with E-state index in [1.807, 2.05) is 6.07 Å². The van der Waals surface area contributed by atoms with Gasteiger partial charge < -0.3 is 4.74 Å². The van der Waals surface area contributed by atoms with Gasteiger partial charge in [-0.2, -0.15) is 0 Å². The van der Waals surface area contributed by atoms with Gasteiger partial charge in [0, 0.05) is 13.0 Å². The van der Waals surface area contributed by atoms with Gasteiger partial charge >= 0.3 is 5.97 Å². The van der Waals surface area contributed by atoms with Crippen molar-refractivity contribution in [3.63, 3.8) is 0 Å². The number of nitrogens with zero attached hydrogens (tertiary/aromatic N) is 1. The summed E-state index contributed by atoms with van der Waals surface area (Å²) in [7, 11) is 0. The van der Waals surface area contributed by atoms with Crippen molar-refractivity contribution in [3.8, 4) is 0 Å². The van der Waals surface area contributed by atoms with Crippen LogP contribution in [0.1, 0.15) is 38.2 Å². The molecule has 0 aromatic heterocycles. The standard InChI is InChI=1S/C18H23NO3/c1-14(22-15(2)20)12-18(21)13-19-10-8-17(9-11-19)16-6-4-3-5-7-16/h3-7,12,17H,8-11,13H2,1-2H3. The van der Waals surface area contributed by atoms with Crippen molar-refractivity contribution in [1.29, 1.82) is 0 Å². The van der Waals surface area contributed by atoms with Gasteiger partial charge in [-0.1, -0.05) is 30.3 Å². The summed E-state index contributed by atoms with van der Waals surface area (Å²) in [4.78, 5) is 24.9. The third-order valence-corrected chi connectivity index (χ3v) is 3.91. The number of hydrogen-bond donors (Lipinski definition) is 0. The highest BCUT2D eigenvalue weighted by atomic mass is 16.5. The first kappa shape index (κ1) is 16.4. The molecular formula is C18H23NO3. The number of carbonyl (C=O) groups excluding carboxylic acids is 2.